The number of hydrogen-bond acceptors (Lipinski definition) is 0. The van der Waals surface area contributed by atoms with Crippen LogP contribution < -0.4 is 0 Å². The van der Waals surface area contributed by atoms with E-state index in [4.69, 9.17) is 0 Å². The molecule has 0 aliphatic carbocycles. The highest BCUT2D eigenvalue weighted by Gasteiger charge is 2.05. The summed E-state index contributed by atoms with van der Waals surface area (Å²) in [5.74, 6) is 0. The van der Waals surface area contributed by atoms with Crippen molar-refractivity contribution < 1.29 is 0 Å². The number of benzene rings is 2. The van der Waals surface area contributed by atoms with Crippen molar-refractivity contribution in [1.82, 2.24) is 0 Å². The van der Waals surface area contributed by atoms with Gasteiger partial charge in [-0.1, -0.05) is 56.7 Å². The van der Waals surface area contributed by atoms with Gasteiger partial charge in [0.25, 0.3) is 0 Å². The lowest BCUT2D eigenvalue weighted by Gasteiger charge is -2.11. The topological polar surface area (TPSA) is 0 Å². The molecule has 0 spiro atoms. The van der Waals surface area contributed by atoms with Crippen molar-refractivity contribution in [1.29, 1.82) is 0 Å². The smallest absolute Gasteiger partial charge is 0.0149 e. The standard InChI is InChI=1S/C16H20/c1-3-5-9-15-13(4-2)11-12-14-8-6-7-10-16(14)15/h6-8,10-12H,3-5,9H2,1-2H3. The van der Waals surface area contributed by atoms with Crippen LogP contribution >= 0.6 is 0 Å². The number of fused-ring (bicyclic) bond motifs is 1. The summed E-state index contributed by atoms with van der Waals surface area (Å²) in [6.45, 7) is 4.51. The van der Waals surface area contributed by atoms with Crippen LogP contribution in [0.1, 0.15) is 37.8 Å². The van der Waals surface area contributed by atoms with Crippen molar-refractivity contribution in [3.8, 4) is 0 Å². The van der Waals surface area contributed by atoms with Crippen molar-refractivity contribution in [3.63, 3.8) is 0 Å². The predicted octanol–water partition coefficient (Wildman–Crippen LogP) is 4.74. The van der Waals surface area contributed by atoms with Gasteiger partial charge >= 0.3 is 0 Å². The zero-order valence-corrected chi connectivity index (χ0v) is 10.3. The van der Waals surface area contributed by atoms with Gasteiger partial charge in [-0.3, -0.25) is 0 Å². The van der Waals surface area contributed by atoms with Crippen LogP contribution in [0.2, 0.25) is 0 Å². The molecule has 2 aromatic carbocycles. The van der Waals surface area contributed by atoms with E-state index in [0.29, 0.717) is 0 Å². The fourth-order valence-electron chi connectivity index (χ4n) is 2.36. The Bertz CT molecular complexity index is 468. The first-order valence-corrected chi connectivity index (χ1v) is 6.36. The molecule has 0 fully saturated rings. The molecular formula is C16H20. The average Bonchev–Trinajstić information content (AvgIpc) is 2.35. The molecule has 0 amide bonds. The summed E-state index contributed by atoms with van der Waals surface area (Å²) < 4.78 is 0. The molecule has 0 saturated heterocycles. The Kier molecular flexibility index (Phi) is 3.61. The molecule has 0 nitrogen and oxygen atoms in total. The van der Waals surface area contributed by atoms with Crippen LogP contribution in [0.25, 0.3) is 10.8 Å². The Morgan fingerprint density at radius 3 is 2.50 bits per heavy atom. The Morgan fingerprint density at radius 2 is 1.75 bits per heavy atom. The van der Waals surface area contributed by atoms with Crippen molar-refractivity contribution in [2.45, 2.75) is 39.5 Å². The first-order chi connectivity index (χ1) is 7.86. The van der Waals surface area contributed by atoms with Gasteiger partial charge < -0.3 is 0 Å². The van der Waals surface area contributed by atoms with Crippen LogP contribution in [0.4, 0.5) is 0 Å². The Morgan fingerprint density at radius 1 is 0.938 bits per heavy atom. The second-order valence-corrected chi connectivity index (χ2v) is 4.38. The molecule has 0 unspecified atom stereocenters. The molecule has 0 aromatic heterocycles. The minimum Gasteiger partial charge on any atom is -0.0654 e. The molecule has 84 valence electrons. The van der Waals surface area contributed by atoms with Gasteiger partial charge in [-0.05, 0) is 41.2 Å². The van der Waals surface area contributed by atoms with Crippen molar-refractivity contribution in [3.05, 3.63) is 47.5 Å². The van der Waals surface area contributed by atoms with Crippen molar-refractivity contribution in [2.24, 2.45) is 0 Å². The van der Waals surface area contributed by atoms with E-state index in [9.17, 15) is 0 Å². The van der Waals surface area contributed by atoms with Gasteiger partial charge in [0.1, 0.15) is 0 Å². The SMILES string of the molecule is CCCCc1c(CC)ccc2ccccc12. The lowest BCUT2D eigenvalue weighted by atomic mass is 9.94. The first kappa shape index (κ1) is 11.2. The van der Waals surface area contributed by atoms with Gasteiger partial charge in [0.15, 0.2) is 0 Å². The molecule has 0 N–H and O–H groups in total. The molecule has 0 saturated carbocycles. The van der Waals surface area contributed by atoms with Gasteiger partial charge in [-0.15, -0.1) is 0 Å². The molecule has 0 heteroatoms. The van der Waals surface area contributed by atoms with Crippen LogP contribution in [0.15, 0.2) is 36.4 Å². The molecule has 16 heavy (non-hydrogen) atoms. The summed E-state index contributed by atoms with van der Waals surface area (Å²) in [5.41, 5.74) is 3.09. The van der Waals surface area contributed by atoms with E-state index >= 15 is 0 Å². The number of hydrogen-bond donors (Lipinski definition) is 0. The summed E-state index contributed by atoms with van der Waals surface area (Å²) in [4.78, 5) is 0. The van der Waals surface area contributed by atoms with E-state index in [1.54, 1.807) is 5.56 Å². The predicted molar refractivity (Wildman–Crippen MR) is 71.9 cm³/mol. The summed E-state index contributed by atoms with van der Waals surface area (Å²) in [7, 11) is 0. The molecule has 0 heterocycles. The maximum atomic E-state index is 2.30. The van der Waals surface area contributed by atoms with Gasteiger partial charge in [0.05, 0.1) is 0 Å². The van der Waals surface area contributed by atoms with Crippen LogP contribution in [0.5, 0.6) is 0 Å². The zero-order chi connectivity index (χ0) is 11.4. The van der Waals surface area contributed by atoms with Crippen LogP contribution in [-0.2, 0) is 12.8 Å². The Labute approximate surface area is 98.3 Å². The van der Waals surface area contributed by atoms with Crippen LogP contribution in [0.3, 0.4) is 0 Å². The second-order valence-electron chi connectivity index (χ2n) is 4.38. The van der Waals surface area contributed by atoms with E-state index < -0.39 is 0 Å². The second kappa shape index (κ2) is 5.16. The first-order valence-electron chi connectivity index (χ1n) is 6.36. The normalized spacial score (nSPS) is 10.9. The fraction of sp³-hybridized carbons (Fsp3) is 0.375. The number of unbranched alkanes of at least 4 members (excludes halogenated alkanes) is 1. The zero-order valence-electron chi connectivity index (χ0n) is 10.3. The maximum absolute atomic E-state index is 2.30. The van der Waals surface area contributed by atoms with Gasteiger partial charge in [0.2, 0.25) is 0 Å². The van der Waals surface area contributed by atoms with Crippen molar-refractivity contribution >= 4 is 10.8 Å². The number of rotatable bonds is 4. The Balaban J connectivity index is 2.54. The third kappa shape index (κ3) is 2.11. The third-order valence-corrected chi connectivity index (χ3v) is 3.30. The molecule has 0 atom stereocenters. The highest BCUT2D eigenvalue weighted by molar-refractivity contribution is 5.86. The monoisotopic (exact) mass is 212 g/mol. The van der Waals surface area contributed by atoms with Gasteiger partial charge in [0, 0.05) is 0 Å². The Hall–Kier alpha value is -1.30. The quantitative estimate of drug-likeness (QED) is 0.686. The molecule has 2 aromatic rings. The maximum Gasteiger partial charge on any atom is -0.0149 e. The molecule has 0 aliphatic heterocycles. The van der Waals surface area contributed by atoms with E-state index in [2.05, 4.69) is 50.2 Å². The molecule has 0 aliphatic rings. The van der Waals surface area contributed by atoms with E-state index in [1.165, 1.54) is 35.6 Å². The molecule has 0 radical (unpaired) electrons. The molecule has 0 bridgehead atoms. The largest absolute Gasteiger partial charge is 0.0654 e. The van der Waals surface area contributed by atoms with Gasteiger partial charge in [-0.25, -0.2) is 0 Å². The lowest BCUT2D eigenvalue weighted by Crippen LogP contribution is -1.94. The lowest BCUT2D eigenvalue weighted by molar-refractivity contribution is 0.791. The third-order valence-electron chi connectivity index (χ3n) is 3.30. The van der Waals surface area contributed by atoms with E-state index in [1.807, 2.05) is 0 Å². The summed E-state index contributed by atoms with van der Waals surface area (Å²) in [5, 5.41) is 2.83. The average molecular weight is 212 g/mol. The molecule has 2 rings (SSSR count). The highest BCUT2D eigenvalue weighted by atomic mass is 14.1. The van der Waals surface area contributed by atoms with E-state index in [0.717, 1.165) is 6.42 Å². The van der Waals surface area contributed by atoms with E-state index in [-0.39, 0.29) is 0 Å². The fourth-order valence-corrected chi connectivity index (χ4v) is 2.36. The summed E-state index contributed by atoms with van der Waals surface area (Å²) in [6, 6.07) is 13.3. The summed E-state index contributed by atoms with van der Waals surface area (Å²) in [6.07, 6.45) is 4.93. The van der Waals surface area contributed by atoms with Crippen LogP contribution in [-0.4, -0.2) is 0 Å². The number of aryl methyl sites for hydroxylation is 2. The molecular weight excluding hydrogens is 192 g/mol. The highest BCUT2D eigenvalue weighted by Crippen LogP contribution is 2.24. The minimum atomic E-state index is 1.14. The van der Waals surface area contributed by atoms with Crippen LogP contribution in [0, 0.1) is 0 Å². The van der Waals surface area contributed by atoms with Gasteiger partial charge in [-0.2, -0.15) is 0 Å². The minimum absolute atomic E-state index is 1.14. The summed E-state index contributed by atoms with van der Waals surface area (Å²) >= 11 is 0. The van der Waals surface area contributed by atoms with Crippen molar-refractivity contribution in [2.75, 3.05) is 0 Å².